The second kappa shape index (κ2) is 10.1. The largest absolute Gasteiger partial charge is 0.407 e. The van der Waals surface area contributed by atoms with Gasteiger partial charge >= 0.3 is 0 Å². The van der Waals surface area contributed by atoms with Gasteiger partial charge in [-0.3, -0.25) is 0 Å². The van der Waals surface area contributed by atoms with E-state index in [9.17, 15) is 5.26 Å². The van der Waals surface area contributed by atoms with Crippen LogP contribution in [0.3, 0.4) is 0 Å². The van der Waals surface area contributed by atoms with Gasteiger partial charge in [-0.25, -0.2) is 0 Å². The monoisotopic (exact) mass is 529 g/mol. The summed E-state index contributed by atoms with van der Waals surface area (Å²) in [5.41, 5.74) is 2.57. The van der Waals surface area contributed by atoms with Crippen molar-refractivity contribution in [1.82, 2.24) is 0 Å². The number of ether oxygens (including phenoxy) is 2. The molecule has 0 spiro atoms. The van der Waals surface area contributed by atoms with Crippen LogP contribution in [0, 0.1) is 22.7 Å². The van der Waals surface area contributed by atoms with Gasteiger partial charge in [0.2, 0.25) is 0 Å². The van der Waals surface area contributed by atoms with Crippen molar-refractivity contribution >= 4 is 18.7 Å². The van der Waals surface area contributed by atoms with Gasteiger partial charge in [-0.05, 0) is 60.5 Å². The molecule has 5 heteroatoms. The SMILES string of the molecule is CC1(C)O[C@@H]2[C@H](O1)C1=C(CCCC1)[C@@](C)(CO[Si](c1ccccc1)(c1ccccc1)C(C)(C)C)[C@H]2CC#N. The second-order valence-electron chi connectivity index (χ2n) is 13.1. The maximum atomic E-state index is 10.0. The summed E-state index contributed by atoms with van der Waals surface area (Å²) in [6.07, 6.45) is 4.69. The summed E-state index contributed by atoms with van der Waals surface area (Å²) in [5, 5.41) is 12.5. The number of nitriles is 1. The lowest BCUT2D eigenvalue weighted by atomic mass is 9.58. The van der Waals surface area contributed by atoms with Crippen molar-refractivity contribution in [3.8, 4) is 6.07 Å². The molecule has 1 aliphatic heterocycles. The molecule has 0 aromatic heterocycles. The van der Waals surface area contributed by atoms with E-state index in [-0.39, 0.29) is 28.6 Å². The van der Waals surface area contributed by atoms with Gasteiger partial charge in [0.1, 0.15) is 6.10 Å². The highest BCUT2D eigenvalue weighted by atomic mass is 28.4. The molecule has 0 radical (unpaired) electrons. The first-order valence-corrected chi connectivity index (χ1v) is 16.1. The first kappa shape index (κ1) is 27.3. The zero-order valence-corrected chi connectivity index (χ0v) is 24.9. The van der Waals surface area contributed by atoms with Crippen LogP contribution in [0.15, 0.2) is 71.8 Å². The zero-order valence-electron chi connectivity index (χ0n) is 23.9. The van der Waals surface area contributed by atoms with E-state index in [0.717, 1.165) is 12.8 Å². The lowest BCUT2D eigenvalue weighted by Crippen LogP contribution is -2.67. The predicted octanol–water partition coefficient (Wildman–Crippen LogP) is 6.50. The molecule has 1 saturated heterocycles. The van der Waals surface area contributed by atoms with E-state index in [4.69, 9.17) is 13.9 Å². The van der Waals surface area contributed by atoms with Crippen molar-refractivity contribution in [3.63, 3.8) is 0 Å². The fraction of sp³-hybridized carbons (Fsp3) is 0.545. The van der Waals surface area contributed by atoms with Gasteiger partial charge in [0.05, 0.1) is 12.2 Å². The minimum absolute atomic E-state index is 0.00865. The molecule has 38 heavy (non-hydrogen) atoms. The van der Waals surface area contributed by atoms with E-state index in [1.807, 2.05) is 13.8 Å². The Morgan fingerprint density at radius 2 is 1.50 bits per heavy atom. The number of fused-ring (bicyclic) bond motifs is 2. The van der Waals surface area contributed by atoms with E-state index in [1.165, 1.54) is 34.4 Å². The molecule has 0 N–H and O–H groups in total. The lowest BCUT2D eigenvalue weighted by molar-refractivity contribution is -0.151. The molecule has 0 unspecified atom stereocenters. The number of nitrogens with zero attached hydrogens (tertiary/aromatic N) is 1. The molecule has 2 aliphatic carbocycles. The topological polar surface area (TPSA) is 51.5 Å². The normalized spacial score (nSPS) is 28.9. The summed E-state index contributed by atoms with van der Waals surface area (Å²) in [6.45, 7) is 13.9. The number of benzene rings is 2. The third-order valence-electron chi connectivity index (χ3n) is 9.20. The van der Waals surface area contributed by atoms with Crippen LogP contribution in [0.4, 0.5) is 0 Å². The average Bonchev–Trinajstić information content (AvgIpc) is 3.22. The molecule has 1 fully saturated rings. The highest BCUT2D eigenvalue weighted by molar-refractivity contribution is 6.99. The molecule has 0 bridgehead atoms. The van der Waals surface area contributed by atoms with Crippen molar-refractivity contribution in [2.24, 2.45) is 11.3 Å². The second-order valence-corrected chi connectivity index (χ2v) is 17.4. The van der Waals surface area contributed by atoms with Crippen LogP contribution in [-0.4, -0.2) is 32.9 Å². The van der Waals surface area contributed by atoms with Crippen molar-refractivity contribution in [1.29, 1.82) is 5.26 Å². The van der Waals surface area contributed by atoms with Gasteiger partial charge in [-0.2, -0.15) is 5.26 Å². The molecule has 0 saturated carbocycles. The summed E-state index contributed by atoms with van der Waals surface area (Å²) in [5.74, 6) is -0.641. The van der Waals surface area contributed by atoms with Gasteiger partial charge in [-0.15, -0.1) is 0 Å². The molecule has 0 amide bonds. The Morgan fingerprint density at radius 3 is 2.05 bits per heavy atom. The highest BCUT2D eigenvalue weighted by Crippen LogP contribution is 2.56. The average molecular weight is 530 g/mol. The summed E-state index contributed by atoms with van der Waals surface area (Å²) in [7, 11) is -2.73. The van der Waals surface area contributed by atoms with Crippen LogP contribution >= 0.6 is 0 Å². The first-order chi connectivity index (χ1) is 18.0. The third kappa shape index (κ3) is 4.50. The molecule has 2 aromatic rings. The van der Waals surface area contributed by atoms with Crippen molar-refractivity contribution < 1.29 is 13.9 Å². The van der Waals surface area contributed by atoms with E-state index in [1.54, 1.807) is 0 Å². The number of hydrogen-bond donors (Lipinski definition) is 0. The number of hydrogen-bond acceptors (Lipinski definition) is 4. The van der Waals surface area contributed by atoms with Gasteiger partial charge < -0.3 is 13.9 Å². The van der Waals surface area contributed by atoms with Crippen LogP contribution < -0.4 is 10.4 Å². The lowest BCUT2D eigenvalue weighted by Gasteiger charge is -2.52. The Hall–Kier alpha value is -2.23. The Bertz CT molecular complexity index is 1170. The van der Waals surface area contributed by atoms with E-state index >= 15 is 0 Å². The molecule has 3 aliphatic rings. The summed E-state index contributed by atoms with van der Waals surface area (Å²) < 4.78 is 20.6. The van der Waals surface area contributed by atoms with E-state index in [2.05, 4.69) is 94.4 Å². The summed E-state index contributed by atoms with van der Waals surface area (Å²) >= 11 is 0. The fourth-order valence-corrected chi connectivity index (χ4v) is 12.2. The number of rotatable bonds is 6. The van der Waals surface area contributed by atoms with Crippen molar-refractivity contribution in [2.75, 3.05) is 6.61 Å². The molecule has 5 rings (SSSR count). The van der Waals surface area contributed by atoms with Gasteiger partial charge in [-0.1, -0.05) is 93.9 Å². The third-order valence-corrected chi connectivity index (χ3v) is 14.2. The molecule has 4 nitrogen and oxygen atoms in total. The van der Waals surface area contributed by atoms with Gasteiger partial charge in [0.15, 0.2) is 5.79 Å². The first-order valence-electron chi connectivity index (χ1n) is 14.2. The van der Waals surface area contributed by atoms with E-state index in [0.29, 0.717) is 13.0 Å². The smallest absolute Gasteiger partial charge is 0.261 e. The molecular weight excluding hydrogens is 486 g/mol. The predicted molar refractivity (Wildman–Crippen MR) is 155 cm³/mol. The molecule has 202 valence electrons. The Balaban J connectivity index is 1.64. The summed E-state index contributed by atoms with van der Waals surface area (Å²) in [6, 6.07) is 24.2. The molecule has 4 atom stereocenters. The van der Waals surface area contributed by atoms with Crippen LogP contribution in [0.5, 0.6) is 0 Å². The highest BCUT2D eigenvalue weighted by Gasteiger charge is 2.59. The van der Waals surface area contributed by atoms with Crippen LogP contribution in [0.1, 0.15) is 73.6 Å². The standard InChI is InChI=1S/C33H43NO3Si/c1-31(2,3)38(24-15-9-7-10-16-24,25-17-11-8-12-18-25)35-23-33(6)27-20-14-13-19-26(27)29-30(28(33)21-22-34)37-32(4,5)36-29/h7-12,15-18,28-30H,13-14,19-21,23H2,1-6H3/t28-,29+,30-,33+/m0/s1. The van der Waals surface area contributed by atoms with Crippen LogP contribution in [-0.2, 0) is 13.9 Å². The Labute approximate surface area is 230 Å². The molecule has 1 heterocycles. The quantitative estimate of drug-likeness (QED) is 0.316. The van der Waals surface area contributed by atoms with E-state index < -0.39 is 14.1 Å². The molecular formula is C33H43NO3Si. The van der Waals surface area contributed by atoms with Gasteiger partial charge in [0, 0.05) is 24.4 Å². The van der Waals surface area contributed by atoms with Crippen molar-refractivity contribution in [3.05, 3.63) is 71.8 Å². The van der Waals surface area contributed by atoms with Crippen LogP contribution in [0.2, 0.25) is 5.04 Å². The Morgan fingerprint density at radius 1 is 0.921 bits per heavy atom. The fourth-order valence-electron chi connectivity index (χ4n) is 7.49. The maximum absolute atomic E-state index is 10.0. The Kier molecular flexibility index (Phi) is 7.24. The minimum atomic E-state index is -2.73. The van der Waals surface area contributed by atoms with Gasteiger partial charge in [0.25, 0.3) is 8.32 Å². The van der Waals surface area contributed by atoms with Crippen LogP contribution in [0.25, 0.3) is 0 Å². The maximum Gasteiger partial charge on any atom is 0.261 e. The van der Waals surface area contributed by atoms with Crippen molar-refractivity contribution in [2.45, 2.75) is 96.7 Å². The zero-order chi connectivity index (χ0) is 27.2. The minimum Gasteiger partial charge on any atom is -0.407 e. The molecule has 2 aromatic carbocycles. The summed E-state index contributed by atoms with van der Waals surface area (Å²) in [4.78, 5) is 0.